The molecule has 0 bridgehead atoms. The van der Waals surface area contributed by atoms with Crippen molar-refractivity contribution < 1.29 is 13.9 Å². The second-order valence-electron chi connectivity index (χ2n) is 3.34. The second-order valence-corrected chi connectivity index (χ2v) is 4.20. The third kappa shape index (κ3) is 3.20. The zero-order valence-corrected chi connectivity index (χ0v) is 10.5. The number of esters is 1. The van der Waals surface area contributed by atoms with Crippen molar-refractivity contribution in [3.8, 4) is 0 Å². The maximum Gasteiger partial charge on any atom is 0.339 e. The average molecular weight is 290 g/mol. The second kappa shape index (κ2) is 5.84. The lowest BCUT2D eigenvalue weighted by atomic mass is 10.2. The van der Waals surface area contributed by atoms with Gasteiger partial charge in [0.1, 0.15) is 5.82 Å². The lowest BCUT2D eigenvalue weighted by molar-refractivity contribution is 0.0498. The van der Waals surface area contributed by atoms with Gasteiger partial charge in [0.2, 0.25) is 0 Å². The molecule has 0 spiro atoms. The average Bonchev–Trinajstić information content (AvgIpc) is 2.23. The summed E-state index contributed by atoms with van der Waals surface area (Å²) < 4.78 is 18.4. The molecule has 0 amide bonds. The van der Waals surface area contributed by atoms with Crippen LogP contribution in [0.4, 0.5) is 10.1 Å². The number of rotatable bonds is 4. The number of unbranched alkanes of at least 4 members (excludes halogenated alkanes) is 1. The predicted molar refractivity (Wildman–Crippen MR) is 63.7 cm³/mol. The Bertz CT molecular complexity index is 396. The Morgan fingerprint density at radius 2 is 2.25 bits per heavy atom. The fourth-order valence-corrected chi connectivity index (χ4v) is 1.59. The van der Waals surface area contributed by atoms with Crippen LogP contribution >= 0.6 is 15.9 Å². The van der Waals surface area contributed by atoms with Gasteiger partial charge in [-0.05, 0) is 34.5 Å². The fraction of sp³-hybridized carbons (Fsp3) is 0.364. The molecule has 1 aromatic carbocycles. The highest BCUT2D eigenvalue weighted by Crippen LogP contribution is 2.23. The maximum atomic E-state index is 13.0. The van der Waals surface area contributed by atoms with Gasteiger partial charge >= 0.3 is 5.97 Å². The van der Waals surface area contributed by atoms with Crippen LogP contribution in [0.3, 0.4) is 0 Å². The van der Waals surface area contributed by atoms with E-state index in [4.69, 9.17) is 10.5 Å². The van der Waals surface area contributed by atoms with Crippen molar-refractivity contribution >= 4 is 27.6 Å². The van der Waals surface area contributed by atoms with E-state index in [1.54, 1.807) is 0 Å². The normalized spacial score (nSPS) is 10.2. The first-order valence-electron chi connectivity index (χ1n) is 4.98. The number of hydrogen-bond donors (Lipinski definition) is 1. The lowest BCUT2D eigenvalue weighted by Gasteiger charge is -2.07. The van der Waals surface area contributed by atoms with Crippen molar-refractivity contribution in [1.29, 1.82) is 0 Å². The summed E-state index contributed by atoms with van der Waals surface area (Å²) in [7, 11) is 0. The molecular formula is C11H13BrFNO2. The van der Waals surface area contributed by atoms with Gasteiger partial charge in [-0.2, -0.15) is 0 Å². The molecule has 0 heterocycles. The van der Waals surface area contributed by atoms with Crippen LogP contribution in [0, 0.1) is 5.82 Å². The van der Waals surface area contributed by atoms with Crippen LogP contribution in [-0.2, 0) is 4.74 Å². The van der Waals surface area contributed by atoms with E-state index in [1.807, 2.05) is 6.92 Å². The minimum atomic E-state index is -0.558. The van der Waals surface area contributed by atoms with Gasteiger partial charge in [0.25, 0.3) is 0 Å². The number of nitrogen functional groups attached to an aromatic ring is 1. The first-order valence-corrected chi connectivity index (χ1v) is 5.77. The summed E-state index contributed by atoms with van der Waals surface area (Å²) in [6, 6.07) is 2.43. The number of carbonyl (C=O) groups excluding carboxylic acids is 1. The van der Waals surface area contributed by atoms with Gasteiger partial charge < -0.3 is 10.5 Å². The van der Waals surface area contributed by atoms with Gasteiger partial charge in [0.05, 0.1) is 17.9 Å². The predicted octanol–water partition coefficient (Wildman–Crippen LogP) is 3.13. The van der Waals surface area contributed by atoms with E-state index in [9.17, 15) is 9.18 Å². The van der Waals surface area contributed by atoms with Gasteiger partial charge in [-0.25, -0.2) is 9.18 Å². The van der Waals surface area contributed by atoms with Crippen LogP contribution in [0.5, 0.6) is 0 Å². The Kier molecular flexibility index (Phi) is 4.73. The van der Waals surface area contributed by atoms with E-state index >= 15 is 0 Å². The van der Waals surface area contributed by atoms with Gasteiger partial charge in [-0.3, -0.25) is 0 Å². The molecule has 2 N–H and O–H groups in total. The molecule has 0 atom stereocenters. The van der Waals surface area contributed by atoms with Gasteiger partial charge in [0, 0.05) is 4.47 Å². The molecule has 0 aliphatic rings. The van der Waals surface area contributed by atoms with Crippen LogP contribution in [0.2, 0.25) is 0 Å². The van der Waals surface area contributed by atoms with E-state index in [-0.39, 0.29) is 11.3 Å². The van der Waals surface area contributed by atoms with E-state index in [0.717, 1.165) is 18.9 Å². The number of ether oxygens (including phenoxy) is 1. The molecule has 3 nitrogen and oxygen atoms in total. The number of anilines is 1. The van der Waals surface area contributed by atoms with E-state index in [2.05, 4.69) is 15.9 Å². The van der Waals surface area contributed by atoms with Crippen molar-refractivity contribution in [1.82, 2.24) is 0 Å². The summed E-state index contributed by atoms with van der Waals surface area (Å²) in [6.45, 7) is 2.36. The number of hydrogen-bond acceptors (Lipinski definition) is 3. The molecule has 1 aromatic rings. The van der Waals surface area contributed by atoms with Crippen LogP contribution < -0.4 is 5.73 Å². The Balaban J connectivity index is 2.79. The number of nitrogens with two attached hydrogens (primary N) is 1. The molecule has 16 heavy (non-hydrogen) atoms. The molecule has 0 fully saturated rings. The summed E-state index contributed by atoms with van der Waals surface area (Å²) in [6.07, 6.45) is 1.75. The molecular weight excluding hydrogens is 277 g/mol. The number of benzene rings is 1. The topological polar surface area (TPSA) is 52.3 Å². The van der Waals surface area contributed by atoms with E-state index in [0.29, 0.717) is 11.1 Å². The highest BCUT2D eigenvalue weighted by molar-refractivity contribution is 9.10. The molecule has 0 radical (unpaired) electrons. The molecule has 0 aliphatic heterocycles. The first kappa shape index (κ1) is 13.0. The minimum Gasteiger partial charge on any atom is -0.462 e. The largest absolute Gasteiger partial charge is 0.462 e. The molecule has 88 valence electrons. The zero-order valence-electron chi connectivity index (χ0n) is 8.93. The molecule has 5 heteroatoms. The summed E-state index contributed by atoms with van der Waals surface area (Å²) in [5.41, 5.74) is 5.56. The van der Waals surface area contributed by atoms with E-state index < -0.39 is 11.8 Å². The summed E-state index contributed by atoms with van der Waals surface area (Å²) in [5, 5.41) is 0. The number of carbonyl (C=O) groups is 1. The standard InChI is InChI=1S/C11H13BrFNO2/c1-2-3-4-16-11(15)7-5-10(14)9(13)6-8(7)12/h5-6H,2-4,14H2,1H3. The molecule has 0 saturated carbocycles. The van der Waals surface area contributed by atoms with Crippen LogP contribution in [0.15, 0.2) is 16.6 Å². The van der Waals surface area contributed by atoms with E-state index in [1.165, 1.54) is 6.07 Å². The highest BCUT2D eigenvalue weighted by atomic mass is 79.9. The van der Waals surface area contributed by atoms with Crippen molar-refractivity contribution in [2.45, 2.75) is 19.8 Å². The summed E-state index contributed by atoms with van der Waals surface area (Å²) >= 11 is 3.09. The van der Waals surface area contributed by atoms with Crippen molar-refractivity contribution in [2.24, 2.45) is 0 Å². The third-order valence-electron chi connectivity index (χ3n) is 2.04. The highest BCUT2D eigenvalue weighted by Gasteiger charge is 2.14. The van der Waals surface area contributed by atoms with Crippen LogP contribution in [-0.4, -0.2) is 12.6 Å². The Morgan fingerprint density at radius 1 is 1.56 bits per heavy atom. The van der Waals surface area contributed by atoms with Crippen LogP contribution in [0.1, 0.15) is 30.1 Å². The Labute approximate surface area is 102 Å². The monoisotopic (exact) mass is 289 g/mol. The minimum absolute atomic E-state index is 0.0642. The fourth-order valence-electron chi connectivity index (χ4n) is 1.11. The molecule has 0 aliphatic carbocycles. The number of halogens is 2. The van der Waals surface area contributed by atoms with Crippen molar-refractivity contribution in [2.75, 3.05) is 12.3 Å². The van der Waals surface area contributed by atoms with Crippen molar-refractivity contribution in [3.05, 3.63) is 28.0 Å². The first-order chi connectivity index (χ1) is 7.56. The zero-order chi connectivity index (χ0) is 12.1. The quantitative estimate of drug-likeness (QED) is 0.526. The van der Waals surface area contributed by atoms with Crippen molar-refractivity contribution in [3.63, 3.8) is 0 Å². The molecule has 0 saturated heterocycles. The van der Waals surface area contributed by atoms with Gasteiger partial charge in [-0.15, -0.1) is 0 Å². The molecule has 1 rings (SSSR count). The Morgan fingerprint density at radius 3 is 2.88 bits per heavy atom. The third-order valence-corrected chi connectivity index (χ3v) is 2.69. The summed E-state index contributed by atoms with van der Waals surface area (Å²) in [4.78, 5) is 11.6. The lowest BCUT2D eigenvalue weighted by Crippen LogP contribution is -2.08. The molecule has 0 unspecified atom stereocenters. The SMILES string of the molecule is CCCCOC(=O)c1cc(N)c(F)cc1Br. The molecule has 0 aromatic heterocycles. The maximum absolute atomic E-state index is 13.0. The van der Waals surface area contributed by atoms with Crippen LogP contribution in [0.25, 0.3) is 0 Å². The smallest absolute Gasteiger partial charge is 0.339 e. The van der Waals surface area contributed by atoms with Gasteiger partial charge in [-0.1, -0.05) is 13.3 Å². The van der Waals surface area contributed by atoms with Gasteiger partial charge in [0.15, 0.2) is 0 Å². The summed E-state index contributed by atoms with van der Waals surface area (Å²) in [5.74, 6) is -1.05. The Hall–Kier alpha value is -1.10.